The fourth-order valence-corrected chi connectivity index (χ4v) is 2.04. The van der Waals surface area contributed by atoms with Gasteiger partial charge in [0.2, 0.25) is 5.91 Å². The molecule has 1 amide bonds. The second-order valence-corrected chi connectivity index (χ2v) is 4.74. The molecule has 1 saturated heterocycles. The molecule has 0 aromatic carbocycles. The van der Waals surface area contributed by atoms with Crippen molar-refractivity contribution in [2.45, 2.75) is 45.2 Å². The number of hydrogen-bond acceptors (Lipinski definition) is 3. The molecule has 0 spiro atoms. The van der Waals surface area contributed by atoms with Crippen LogP contribution in [0.15, 0.2) is 0 Å². The first-order chi connectivity index (χ1) is 7.03. The van der Waals surface area contributed by atoms with Crippen molar-refractivity contribution in [1.29, 1.82) is 0 Å². The van der Waals surface area contributed by atoms with Crippen LogP contribution in [0.5, 0.6) is 0 Å². The molecule has 1 unspecified atom stereocenters. The highest BCUT2D eigenvalue weighted by molar-refractivity contribution is 5.83. The summed E-state index contributed by atoms with van der Waals surface area (Å²) in [5.74, 6) is 0.0295. The van der Waals surface area contributed by atoms with Gasteiger partial charge in [0, 0.05) is 12.1 Å². The molecule has 4 heteroatoms. The lowest BCUT2D eigenvalue weighted by molar-refractivity contribution is -0.138. The van der Waals surface area contributed by atoms with Gasteiger partial charge in [0.1, 0.15) is 6.04 Å². The summed E-state index contributed by atoms with van der Waals surface area (Å²) in [6, 6.07) is -0.418. The minimum Gasteiger partial charge on any atom is -0.394 e. The molecule has 0 aromatic rings. The minimum absolute atomic E-state index is 0.0295. The molecule has 1 atom stereocenters. The van der Waals surface area contributed by atoms with E-state index < -0.39 is 6.04 Å². The fraction of sp³-hybridized carbons (Fsp3) is 0.909. The molecule has 15 heavy (non-hydrogen) atoms. The van der Waals surface area contributed by atoms with Gasteiger partial charge in [0.25, 0.3) is 0 Å². The average molecular weight is 214 g/mol. The Labute approximate surface area is 91.6 Å². The molecule has 4 nitrogen and oxygen atoms in total. The van der Waals surface area contributed by atoms with Gasteiger partial charge in [-0.3, -0.25) is 4.79 Å². The van der Waals surface area contributed by atoms with E-state index in [0.29, 0.717) is 0 Å². The van der Waals surface area contributed by atoms with E-state index in [1.807, 2.05) is 4.90 Å². The van der Waals surface area contributed by atoms with Crippen LogP contribution in [0, 0.1) is 0 Å². The molecule has 0 radical (unpaired) electrons. The Morgan fingerprint density at radius 2 is 2.27 bits per heavy atom. The summed E-state index contributed by atoms with van der Waals surface area (Å²) in [6.45, 7) is 7.67. The van der Waals surface area contributed by atoms with E-state index >= 15 is 0 Å². The number of nitrogens with one attached hydrogen (secondary N) is 1. The van der Waals surface area contributed by atoms with Crippen molar-refractivity contribution < 1.29 is 9.90 Å². The third-order valence-electron chi connectivity index (χ3n) is 3.05. The Morgan fingerprint density at radius 3 is 2.80 bits per heavy atom. The number of amides is 1. The number of hydrogen-bond donors (Lipinski definition) is 2. The first-order valence-electron chi connectivity index (χ1n) is 5.68. The summed E-state index contributed by atoms with van der Waals surface area (Å²) < 4.78 is 0. The van der Waals surface area contributed by atoms with E-state index in [2.05, 4.69) is 26.1 Å². The van der Waals surface area contributed by atoms with Crippen molar-refractivity contribution in [2.75, 3.05) is 19.7 Å². The van der Waals surface area contributed by atoms with Crippen LogP contribution in [-0.4, -0.2) is 47.2 Å². The fourth-order valence-electron chi connectivity index (χ4n) is 2.04. The molecular weight excluding hydrogens is 192 g/mol. The highest BCUT2D eigenvalue weighted by Gasteiger charge is 2.36. The first kappa shape index (κ1) is 12.5. The Balaban J connectivity index is 2.85. The number of nitrogens with zero attached hydrogens (tertiary/aromatic N) is 1. The third-order valence-corrected chi connectivity index (χ3v) is 3.05. The molecule has 0 bridgehead atoms. The van der Waals surface area contributed by atoms with Crippen LogP contribution >= 0.6 is 0 Å². The van der Waals surface area contributed by atoms with Crippen LogP contribution < -0.4 is 5.32 Å². The quantitative estimate of drug-likeness (QED) is 0.713. The van der Waals surface area contributed by atoms with Crippen LogP contribution in [0.2, 0.25) is 0 Å². The van der Waals surface area contributed by atoms with Crippen LogP contribution in [0.25, 0.3) is 0 Å². The summed E-state index contributed by atoms with van der Waals surface area (Å²) in [7, 11) is 0. The predicted molar refractivity (Wildman–Crippen MR) is 59.6 cm³/mol. The Bertz CT molecular complexity index is 229. The zero-order valence-corrected chi connectivity index (χ0v) is 9.92. The van der Waals surface area contributed by atoms with Crippen LogP contribution in [0.1, 0.15) is 33.6 Å². The zero-order chi connectivity index (χ0) is 11.5. The number of carbonyl (C=O) groups excluding carboxylic acids is 1. The van der Waals surface area contributed by atoms with Gasteiger partial charge in [-0.1, -0.05) is 6.92 Å². The average Bonchev–Trinajstić information content (AvgIpc) is 2.28. The number of rotatable bonds is 3. The number of aliphatic hydroxyl groups is 1. The second kappa shape index (κ2) is 4.94. The van der Waals surface area contributed by atoms with E-state index in [0.717, 1.165) is 25.9 Å². The summed E-state index contributed by atoms with van der Waals surface area (Å²) in [5.41, 5.74) is -0.107. The van der Waals surface area contributed by atoms with Gasteiger partial charge in [0.15, 0.2) is 0 Å². The summed E-state index contributed by atoms with van der Waals surface area (Å²) in [4.78, 5) is 14.0. The van der Waals surface area contributed by atoms with Crippen LogP contribution in [0.3, 0.4) is 0 Å². The molecule has 1 heterocycles. The second-order valence-electron chi connectivity index (χ2n) is 4.74. The van der Waals surface area contributed by atoms with Crippen molar-refractivity contribution in [2.24, 2.45) is 0 Å². The molecule has 88 valence electrons. The summed E-state index contributed by atoms with van der Waals surface area (Å²) in [6.07, 6.45) is 1.88. The Morgan fingerprint density at radius 1 is 1.60 bits per heavy atom. The normalized spacial score (nSPS) is 26.5. The van der Waals surface area contributed by atoms with Gasteiger partial charge in [-0.25, -0.2) is 0 Å². The van der Waals surface area contributed by atoms with E-state index in [1.54, 1.807) is 0 Å². The largest absolute Gasteiger partial charge is 0.394 e. The topological polar surface area (TPSA) is 52.6 Å². The Hall–Kier alpha value is -0.610. The number of aliphatic hydroxyl groups excluding tert-OH is 1. The van der Waals surface area contributed by atoms with Gasteiger partial charge in [-0.15, -0.1) is 0 Å². The molecule has 0 aromatic heterocycles. The van der Waals surface area contributed by atoms with Gasteiger partial charge < -0.3 is 15.3 Å². The SMILES string of the molecule is CCCN1C(=O)C(CO)NCCC1(C)C. The predicted octanol–water partition coefficient (Wildman–Crippen LogP) is 0.358. The standard InChI is InChI=1S/C11H22N2O2/c1-4-7-13-10(15)9(8-14)12-6-5-11(13,2)3/h9,12,14H,4-8H2,1-3H3. The van der Waals surface area contributed by atoms with Gasteiger partial charge in [-0.05, 0) is 33.2 Å². The van der Waals surface area contributed by atoms with Crippen molar-refractivity contribution in [3.63, 3.8) is 0 Å². The molecule has 0 saturated carbocycles. The lowest BCUT2D eigenvalue weighted by atomic mass is 9.98. The maximum Gasteiger partial charge on any atom is 0.242 e. The molecule has 1 aliphatic rings. The van der Waals surface area contributed by atoms with E-state index in [1.165, 1.54) is 0 Å². The number of carbonyl (C=O) groups is 1. The van der Waals surface area contributed by atoms with Crippen molar-refractivity contribution in [3.8, 4) is 0 Å². The summed E-state index contributed by atoms with van der Waals surface area (Å²) in [5, 5.41) is 12.2. The monoisotopic (exact) mass is 214 g/mol. The van der Waals surface area contributed by atoms with Crippen molar-refractivity contribution in [1.82, 2.24) is 10.2 Å². The van der Waals surface area contributed by atoms with Crippen molar-refractivity contribution >= 4 is 5.91 Å². The van der Waals surface area contributed by atoms with Gasteiger partial charge in [0.05, 0.1) is 6.61 Å². The minimum atomic E-state index is -0.418. The Kier molecular flexibility index (Phi) is 4.11. The summed E-state index contributed by atoms with van der Waals surface area (Å²) >= 11 is 0. The van der Waals surface area contributed by atoms with Crippen LogP contribution in [-0.2, 0) is 4.79 Å². The van der Waals surface area contributed by atoms with E-state index in [4.69, 9.17) is 5.11 Å². The first-order valence-corrected chi connectivity index (χ1v) is 5.68. The molecule has 2 N–H and O–H groups in total. The van der Waals surface area contributed by atoms with Crippen LogP contribution in [0.4, 0.5) is 0 Å². The van der Waals surface area contributed by atoms with Gasteiger partial charge in [-0.2, -0.15) is 0 Å². The van der Waals surface area contributed by atoms with E-state index in [9.17, 15) is 4.79 Å². The maximum atomic E-state index is 12.1. The highest BCUT2D eigenvalue weighted by Crippen LogP contribution is 2.22. The lowest BCUT2D eigenvalue weighted by Crippen LogP contribution is -2.52. The lowest BCUT2D eigenvalue weighted by Gasteiger charge is -2.37. The van der Waals surface area contributed by atoms with E-state index in [-0.39, 0.29) is 18.1 Å². The molecule has 1 fully saturated rings. The molecular formula is C11H22N2O2. The van der Waals surface area contributed by atoms with Crippen molar-refractivity contribution in [3.05, 3.63) is 0 Å². The third kappa shape index (κ3) is 2.69. The zero-order valence-electron chi connectivity index (χ0n) is 9.92. The molecule has 1 aliphatic heterocycles. The molecule has 1 rings (SSSR count). The van der Waals surface area contributed by atoms with Gasteiger partial charge >= 0.3 is 0 Å². The molecule has 0 aliphatic carbocycles. The maximum absolute atomic E-state index is 12.1. The highest BCUT2D eigenvalue weighted by atomic mass is 16.3. The smallest absolute Gasteiger partial charge is 0.242 e.